The number of fused-ring (bicyclic) bond motifs is 1. The second kappa shape index (κ2) is 13.8. The van der Waals surface area contributed by atoms with E-state index in [1.807, 2.05) is 97.1 Å². The summed E-state index contributed by atoms with van der Waals surface area (Å²) in [5.74, 6) is 1.49. The maximum atomic E-state index is 12.6. The molecular weight excluding hydrogens is 560 g/mol. The van der Waals surface area contributed by atoms with E-state index in [2.05, 4.69) is 56.8 Å². The third-order valence-electron chi connectivity index (χ3n) is 7.76. The van der Waals surface area contributed by atoms with Gasteiger partial charge in [0.2, 0.25) is 5.71 Å². The molecule has 0 aliphatic rings. The van der Waals surface area contributed by atoms with Crippen LogP contribution < -0.4 is 20.9 Å². The lowest BCUT2D eigenvalue weighted by Crippen LogP contribution is -2.22. The lowest BCUT2D eigenvalue weighted by molar-refractivity contribution is 0.262. The van der Waals surface area contributed by atoms with E-state index in [1.165, 1.54) is 6.33 Å². The predicted octanol–water partition coefficient (Wildman–Crippen LogP) is 8.70. The van der Waals surface area contributed by atoms with Crippen molar-refractivity contribution < 1.29 is 9.21 Å². The summed E-state index contributed by atoms with van der Waals surface area (Å²) in [6, 6.07) is 35.7. The van der Waals surface area contributed by atoms with Crippen molar-refractivity contribution in [1.82, 2.24) is 9.97 Å². The quantitative estimate of drug-likeness (QED) is 0.138. The molecule has 6 aromatic rings. The Bertz CT molecular complexity index is 1850. The summed E-state index contributed by atoms with van der Waals surface area (Å²) in [5, 5.41) is 10.2. The Labute approximate surface area is 263 Å². The smallest absolute Gasteiger partial charge is 0.323 e. The minimum absolute atomic E-state index is 0.281. The molecule has 2 amide bonds. The monoisotopic (exact) mass is 596 g/mol. The summed E-state index contributed by atoms with van der Waals surface area (Å²) >= 11 is 0. The van der Waals surface area contributed by atoms with Crippen molar-refractivity contribution >= 4 is 40.0 Å². The van der Waals surface area contributed by atoms with Crippen molar-refractivity contribution in [2.45, 2.75) is 20.3 Å². The van der Waals surface area contributed by atoms with Crippen LogP contribution in [0.4, 0.5) is 27.7 Å². The average molecular weight is 597 g/mol. The second-order valence-corrected chi connectivity index (χ2v) is 10.6. The van der Waals surface area contributed by atoms with Gasteiger partial charge in [-0.05, 0) is 67.8 Å². The molecule has 0 spiro atoms. The van der Waals surface area contributed by atoms with Gasteiger partial charge in [-0.25, -0.2) is 14.8 Å². The van der Waals surface area contributed by atoms with Crippen LogP contribution in [0.5, 0.6) is 0 Å². The van der Waals surface area contributed by atoms with E-state index < -0.39 is 0 Å². The normalized spacial score (nSPS) is 10.9. The van der Waals surface area contributed by atoms with E-state index in [1.54, 1.807) is 0 Å². The number of nitrogens with zero attached hydrogens (tertiary/aromatic N) is 3. The number of hydrogen-bond donors (Lipinski definition) is 3. The Morgan fingerprint density at radius 1 is 0.733 bits per heavy atom. The number of nitrogens with one attached hydrogen (secondary N) is 3. The van der Waals surface area contributed by atoms with E-state index in [-0.39, 0.29) is 6.03 Å². The molecule has 0 radical (unpaired) electrons. The van der Waals surface area contributed by atoms with E-state index in [9.17, 15) is 4.79 Å². The second-order valence-electron chi connectivity index (χ2n) is 10.6. The number of carbonyl (C=O) groups is 1. The fourth-order valence-electron chi connectivity index (χ4n) is 5.46. The first-order valence-electron chi connectivity index (χ1n) is 15.3. The number of anilines is 4. The minimum atomic E-state index is -0.281. The van der Waals surface area contributed by atoms with E-state index >= 15 is 0 Å². The SMILES string of the molecule is CCN(CC)c1ccc(NC(=O)Nc2ccc(CCNc3ncnc4oc(-c5ccccc5)c(-c5ccccc5)c34)cc2)cc1. The maximum Gasteiger partial charge on any atom is 0.323 e. The molecule has 8 heteroatoms. The molecule has 0 aliphatic heterocycles. The molecule has 0 unspecified atom stereocenters. The van der Waals surface area contributed by atoms with Crippen LogP contribution >= 0.6 is 0 Å². The minimum Gasteiger partial charge on any atom is -0.437 e. The molecule has 3 N–H and O–H groups in total. The molecule has 0 saturated heterocycles. The number of amides is 2. The largest absolute Gasteiger partial charge is 0.437 e. The Morgan fingerprint density at radius 2 is 1.33 bits per heavy atom. The van der Waals surface area contributed by atoms with Gasteiger partial charge in [-0.3, -0.25) is 0 Å². The van der Waals surface area contributed by atoms with Crippen LogP contribution in [-0.4, -0.2) is 35.6 Å². The summed E-state index contributed by atoms with van der Waals surface area (Å²) in [5.41, 5.74) is 7.26. The Kier molecular flexibility index (Phi) is 9.01. The van der Waals surface area contributed by atoms with Crippen LogP contribution in [0, 0.1) is 0 Å². The van der Waals surface area contributed by atoms with Crippen LogP contribution in [0.15, 0.2) is 120 Å². The van der Waals surface area contributed by atoms with Gasteiger partial charge in [0, 0.05) is 47.8 Å². The first kappa shape index (κ1) is 29.4. The molecule has 8 nitrogen and oxygen atoms in total. The molecule has 2 aromatic heterocycles. The van der Waals surface area contributed by atoms with Crippen LogP contribution in [0.2, 0.25) is 0 Å². The number of aromatic nitrogens is 2. The zero-order valence-electron chi connectivity index (χ0n) is 25.5. The van der Waals surface area contributed by atoms with Gasteiger partial charge in [0.15, 0.2) is 0 Å². The average Bonchev–Trinajstić information content (AvgIpc) is 3.48. The summed E-state index contributed by atoms with van der Waals surface area (Å²) in [6.45, 7) is 6.79. The van der Waals surface area contributed by atoms with Gasteiger partial charge in [-0.1, -0.05) is 72.8 Å². The lowest BCUT2D eigenvalue weighted by Gasteiger charge is -2.21. The highest BCUT2D eigenvalue weighted by molar-refractivity contribution is 6.06. The third kappa shape index (κ3) is 6.80. The molecule has 4 aromatic carbocycles. The summed E-state index contributed by atoms with van der Waals surface area (Å²) < 4.78 is 6.32. The number of furan rings is 1. The molecule has 2 heterocycles. The molecule has 0 aliphatic carbocycles. The molecule has 6 rings (SSSR count). The molecule has 0 atom stereocenters. The van der Waals surface area contributed by atoms with Gasteiger partial charge in [0.1, 0.15) is 17.9 Å². The molecular formula is C37H36N6O2. The third-order valence-corrected chi connectivity index (χ3v) is 7.76. The van der Waals surface area contributed by atoms with Crippen molar-refractivity contribution in [3.63, 3.8) is 0 Å². The van der Waals surface area contributed by atoms with Crippen molar-refractivity contribution in [3.8, 4) is 22.5 Å². The molecule has 0 saturated carbocycles. The molecule has 0 bridgehead atoms. The highest BCUT2D eigenvalue weighted by Gasteiger charge is 2.21. The molecule has 226 valence electrons. The summed E-state index contributed by atoms with van der Waals surface area (Å²) in [4.78, 5) is 23.9. The Balaban J connectivity index is 1.11. The number of hydrogen-bond acceptors (Lipinski definition) is 6. The van der Waals surface area contributed by atoms with E-state index in [4.69, 9.17) is 4.42 Å². The number of carbonyl (C=O) groups excluding carboxylic acids is 1. The zero-order valence-corrected chi connectivity index (χ0v) is 25.5. The van der Waals surface area contributed by atoms with Crippen LogP contribution in [0.3, 0.4) is 0 Å². The fraction of sp³-hybridized carbons (Fsp3) is 0.162. The van der Waals surface area contributed by atoms with Crippen LogP contribution in [-0.2, 0) is 6.42 Å². The summed E-state index contributed by atoms with van der Waals surface area (Å²) in [6.07, 6.45) is 2.30. The van der Waals surface area contributed by atoms with E-state index in [0.29, 0.717) is 12.3 Å². The van der Waals surface area contributed by atoms with Gasteiger partial charge < -0.3 is 25.3 Å². The van der Waals surface area contributed by atoms with Gasteiger partial charge in [-0.15, -0.1) is 0 Å². The van der Waals surface area contributed by atoms with Crippen LogP contribution in [0.25, 0.3) is 33.6 Å². The fourth-order valence-corrected chi connectivity index (χ4v) is 5.46. The van der Waals surface area contributed by atoms with Crippen molar-refractivity contribution in [3.05, 3.63) is 121 Å². The Hall–Kier alpha value is -5.63. The number of rotatable bonds is 11. The lowest BCUT2D eigenvalue weighted by atomic mass is 9.99. The van der Waals surface area contributed by atoms with Crippen molar-refractivity contribution in [2.75, 3.05) is 40.5 Å². The molecule has 45 heavy (non-hydrogen) atoms. The first-order chi connectivity index (χ1) is 22.1. The summed E-state index contributed by atoms with van der Waals surface area (Å²) in [7, 11) is 0. The predicted molar refractivity (Wildman–Crippen MR) is 184 cm³/mol. The zero-order chi connectivity index (χ0) is 31.0. The standard InChI is InChI=1S/C37H36N6O2/c1-3-43(4-2)31-21-19-30(20-22-31)42-37(44)41-29-17-15-26(16-18-29)23-24-38-35-33-32(27-11-7-5-8-12-27)34(28-13-9-6-10-14-28)45-36(33)40-25-39-35/h5-22,25H,3-4,23-24H2,1-2H3,(H,38,39,40)(H2,41,42,44). The highest BCUT2D eigenvalue weighted by atomic mass is 16.3. The number of urea groups is 1. The van der Waals surface area contributed by atoms with Gasteiger partial charge >= 0.3 is 6.03 Å². The first-order valence-corrected chi connectivity index (χ1v) is 15.3. The maximum absolute atomic E-state index is 12.6. The molecule has 0 fully saturated rings. The van der Waals surface area contributed by atoms with Gasteiger partial charge in [0.25, 0.3) is 0 Å². The van der Waals surface area contributed by atoms with Gasteiger partial charge in [0.05, 0.1) is 5.39 Å². The van der Waals surface area contributed by atoms with Crippen LogP contribution in [0.1, 0.15) is 19.4 Å². The Morgan fingerprint density at radius 3 is 1.96 bits per heavy atom. The van der Waals surface area contributed by atoms with Gasteiger partial charge in [-0.2, -0.15) is 0 Å². The highest BCUT2D eigenvalue weighted by Crippen LogP contribution is 2.42. The number of benzene rings is 4. The van der Waals surface area contributed by atoms with E-state index in [0.717, 1.165) is 75.8 Å². The topological polar surface area (TPSA) is 95.3 Å². The van der Waals surface area contributed by atoms with Crippen molar-refractivity contribution in [2.24, 2.45) is 0 Å². The van der Waals surface area contributed by atoms with Crippen molar-refractivity contribution in [1.29, 1.82) is 0 Å².